The van der Waals surface area contributed by atoms with Gasteiger partial charge in [-0.1, -0.05) is 0 Å². The number of hydrogen-bond donors (Lipinski definition) is 3. The van der Waals surface area contributed by atoms with Crippen LogP contribution in [0, 0.1) is 0 Å². The molecule has 2 amide bonds. The summed E-state index contributed by atoms with van der Waals surface area (Å²) < 4.78 is 5.07. The summed E-state index contributed by atoms with van der Waals surface area (Å²) in [7, 11) is 0. The van der Waals surface area contributed by atoms with Crippen molar-refractivity contribution in [1.82, 2.24) is 5.32 Å². The van der Waals surface area contributed by atoms with E-state index in [9.17, 15) is 14.4 Å². The van der Waals surface area contributed by atoms with Gasteiger partial charge < -0.3 is 21.1 Å². The maximum atomic E-state index is 12.0. The van der Waals surface area contributed by atoms with Crippen LogP contribution in [0.2, 0.25) is 0 Å². The minimum Gasteiger partial charge on any atom is -0.444 e. The van der Waals surface area contributed by atoms with Crippen LogP contribution in [0.5, 0.6) is 0 Å². The molecule has 4 N–H and O–H groups in total. The summed E-state index contributed by atoms with van der Waals surface area (Å²) in [5.74, 6) is -0.400. The summed E-state index contributed by atoms with van der Waals surface area (Å²) in [5, 5.41) is 5.11. The number of anilines is 2. The highest BCUT2D eigenvalue weighted by atomic mass is 16.6. The van der Waals surface area contributed by atoms with Gasteiger partial charge >= 0.3 is 6.09 Å². The first-order chi connectivity index (χ1) is 11.2. The lowest BCUT2D eigenvalue weighted by molar-refractivity contribution is -0.115. The third kappa shape index (κ3) is 4.47. The SMILES string of the molecule is CC(C)(C)OC(=O)NCC(=O)Nc1ccc(N)c2c1CCCC2=O. The predicted molar refractivity (Wildman–Crippen MR) is 91.0 cm³/mol. The van der Waals surface area contributed by atoms with Crippen molar-refractivity contribution in [3.63, 3.8) is 0 Å². The summed E-state index contributed by atoms with van der Waals surface area (Å²) in [5.41, 5.74) is 7.50. The number of fused-ring (bicyclic) bond motifs is 1. The third-order valence-corrected chi connectivity index (χ3v) is 3.52. The lowest BCUT2D eigenvalue weighted by Gasteiger charge is -2.21. The van der Waals surface area contributed by atoms with Crippen LogP contribution in [0.3, 0.4) is 0 Å². The van der Waals surface area contributed by atoms with Gasteiger partial charge in [0.05, 0.1) is 0 Å². The van der Waals surface area contributed by atoms with Crippen molar-refractivity contribution < 1.29 is 19.1 Å². The van der Waals surface area contributed by atoms with Crippen molar-refractivity contribution >= 4 is 29.2 Å². The molecule has 0 spiro atoms. The van der Waals surface area contributed by atoms with Crippen LogP contribution in [0.15, 0.2) is 12.1 Å². The fraction of sp³-hybridized carbons (Fsp3) is 0.471. The highest BCUT2D eigenvalue weighted by Gasteiger charge is 2.23. The molecule has 1 aromatic rings. The van der Waals surface area contributed by atoms with Crippen LogP contribution in [-0.4, -0.2) is 29.9 Å². The van der Waals surface area contributed by atoms with E-state index in [4.69, 9.17) is 10.5 Å². The lowest BCUT2D eigenvalue weighted by atomic mass is 9.88. The number of nitrogens with two attached hydrogens (primary N) is 1. The highest BCUT2D eigenvalue weighted by Crippen LogP contribution is 2.32. The van der Waals surface area contributed by atoms with Crippen LogP contribution in [0.25, 0.3) is 0 Å². The second-order valence-electron chi connectivity index (χ2n) is 6.74. The quantitative estimate of drug-likeness (QED) is 0.735. The monoisotopic (exact) mass is 333 g/mol. The van der Waals surface area contributed by atoms with Crippen molar-refractivity contribution in [2.24, 2.45) is 0 Å². The molecule has 24 heavy (non-hydrogen) atoms. The number of amides is 2. The van der Waals surface area contributed by atoms with Gasteiger partial charge in [0.2, 0.25) is 5.91 Å². The van der Waals surface area contributed by atoms with Crippen LogP contribution in [0.4, 0.5) is 16.2 Å². The first kappa shape index (κ1) is 17.8. The number of carbonyl (C=O) groups excluding carboxylic acids is 3. The molecule has 0 saturated carbocycles. The van der Waals surface area contributed by atoms with Crippen molar-refractivity contribution in [3.8, 4) is 0 Å². The molecule has 0 aliphatic heterocycles. The van der Waals surface area contributed by atoms with Crippen LogP contribution < -0.4 is 16.4 Å². The smallest absolute Gasteiger partial charge is 0.408 e. The van der Waals surface area contributed by atoms with Crippen molar-refractivity contribution in [2.75, 3.05) is 17.6 Å². The van der Waals surface area contributed by atoms with Gasteiger partial charge in [0.15, 0.2) is 5.78 Å². The molecule has 1 aliphatic rings. The van der Waals surface area contributed by atoms with E-state index in [-0.39, 0.29) is 12.3 Å². The van der Waals surface area contributed by atoms with Gasteiger partial charge in [-0.2, -0.15) is 0 Å². The number of rotatable bonds is 3. The summed E-state index contributed by atoms with van der Waals surface area (Å²) in [6.07, 6.45) is 1.22. The normalized spacial score (nSPS) is 13.9. The number of benzene rings is 1. The molecule has 7 nitrogen and oxygen atoms in total. The average Bonchev–Trinajstić information content (AvgIpc) is 2.46. The van der Waals surface area contributed by atoms with Crippen LogP contribution in [-0.2, 0) is 16.0 Å². The Bertz CT molecular complexity index is 677. The van der Waals surface area contributed by atoms with E-state index in [0.717, 1.165) is 12.0 Å². The van der Waals surface area contributed by atoms with Gasteiger partial charge in [-0.05, 0) is 51.3 Å². The number of nitrogens with one attached hydrogen (secondary N) is 2. The molecule has 0 radical (unpaired) electrons. The number of ether oxygens (including phenoxy) is 1. The first-order valence-electron chi connectivity index (χ1n) is 7.88. The van der Waals surface area contributed by atoms with Crippen LogP contribution >= 0.6 is 0 Å². The Morgan fingerprint density at radius 2 is 1.96 bits per heavy atom. The molecule has 0 heterocycles. The van der Waals surface area contributed by atoms with E-state index in [1.807, 2.05) is 0 Å². The maximum Gasteiger partial charge on any atom is 0.408 e. The van der Waals surface area contributed by atoms with Gasteiger partial charge in [-0.3, -0.25) is 9.59 Å². The summed E-state index contributed by atoms with van der Waals surface area (Å²) in [6, 6.07) is 3.29. The Balaban J connectivity index is 2.01. The van der Waals surface area contributed by atoms with E-state index in [1.54, 1.807) is 32.9 Å². The first-order valence-corrected chi connectivity index (χ1v) is 7.88. The van der Waals surface area contributed by atoms with Crippen molar-refractivity contribution in [1.29, 1.82) is 0 Å². The summed E-state index contributed by atoms with van der Waals surface area (Å²) in [4.78, 5) is 35.6. The second kappa shape index (κ2) is 6.90. The van der Waals surface area contributed by atoms with E-state index in [0.29, 0.717) is 29.8 Å². The summed E-state index contributed by atoms with van der Waals surface area (Å²) >= 11 is 0. The molecule has 0 atom stereocenters. The number of alkyl carbamates (subject to hydrolysis) is 1. The molecule has 0 bridgehead atoms. The molecule has 2 rings (SSSR count). The van der Waals surface area contributed by atoms with Gasteiger partial charge in [0, 0.05) is 23.4 Å². The molecular formula is C17H23N3O4. The molecule has 0 fully saturated rings. The molecule has 0 unspecified atom stereocenters. The highest BCUT2D eigenvalue weighted by molar-refractivity contribution is 6.06. The number of carbonyl (C=O) groups is 3. The van der Waals surface area contributed by atoms with E-state index < -0.39 is 17.6 Å². The van der Waals surface area contributed by atoms with E-state index >= 15 is 0 Å². The van der Waals surface area contributed by atoms with Gasteiger partial charge in [0.1, 0.15) is 12.1 Å². The van der Waals surface area contributed by atoms with E-state index in [2.05, 4.69) is 10.6 Å². The Labute approximate surface area is 140 Å². The minimum atomic E-state index is -0.660. The minimum absolute atomic E-state index is 0.00303. The predicted octanol–water partition coefficient (Wildman–Crippen LogP) is 2.25. The fourth-order valence-electron chi connectivity index (χ4n) is 2.58. The number of Topliss-reactive ketones (excluding diaryl/α,β-unsaturated/α-hetero) is 1. The maximum absolute atomic E-state index is 12.0. The number of nitrogen functional groups attached to an aromatic ring is 1. The molecule has 0 aromatic heterocycles. The van der Waals surface area contributed by atoms with E-state index in [1.165, 1.54) is 0 Å². The molecule has 0 saturated heterocycles. The standard InChI is InChI=1S/C17H23N3O4/c1-17(2,3)24-16(23)19-9-14(22)20-12-8-7-11(18)15-10(12)5-4-6-13(15)21/h7-8H,4-6,9,18H2,1-3H3,(H,19,23)(H,20,22). The Hall–Kier alpha value is -2.57. The lowest BCUT2D eigenvalue weighted by Crippen LogP contribution is -2.37. The van der Waals surface area contributed by atoms with Gasteiger partial charge in [0.25, 0.3) is 0 Å². The number of hydrogen-bond acceptors (Lipinski definition) is 5. The Kier molecular flexibility index (Phi) is 5.11. The molecule has 1 aromatic carbocycles. The molecule has 1 aliphatic carbocycles. The van der Waals surface area contributed by atoms with Crippen molar-refractivity contribution in [2.45, 2.75) is 45.6 Å². The largest absolute Gasteiger partial charge is 0.444 e. The fourth-order valence-corrected chi connectivity index (χ4v) is 2.58. The Morgan fingerprint density at radius 1 is 1.25 bits per heavy atom. The molecular weight excluding hydrogens is 310 g/mol. The zero-order valence-corrected chi connectivity index (χ0v) is 14.2. The van der Waals surface area contributed by atoms with Crippen molar-refractivity contribution in [3.05, 3.63) is 23.3 Å². The average molecular weight is 333 g/mol. The van der Waals surface area contributed by atoms with Gasteiger partial charge in [-0.25, -0.2) is 4.79 Å². The Morgan fingerprint density at radius 3 is 2.62 bits per heavy atom. The zero-order chi connectivity index (χ0) is 17.9. The van der Waals surface area contributed by atoms with Gasteiger partial charge in [-0.15, -0.1) is 0 Å². The zero-order valence-electron chi connectivity index (χ0n) is 14.2. The number of ketones is 1. The van der Waals surface area contributed by atoms with Crippen LogP contribution in [0.1, 0.15) is 49.5 Å². The topological polar surface area (TPSA) is 111 Å². The summed E-state index contributed by atoms with van der Waals surface area (Å²) in [6.45, 7) is 5.00. The molecule has 7 heteroatoms. The molecule has 130 valence electrons. The second-order valence-corrected chi connectivity index (χ2v) is 6.74. The third-order valence-electron chi connectivity index (χ3n) is 3.52.